The minimum absolute atomic E-state index is 0.0693. The fourth-order valence-corrected chi connectivity index (χ4v) is 3.51. The highest BCUT2D eigenvalue weighted by Crippen LogP contribution is 2.45. The minimum atomic E-state index is -0.190. The Balaban J connectivity index is 2.14. The van der Waals surface area contributed by atoms with Crippen LogP contribution in [0.25, 0.3) is 0 Å². The standard InChI is InChI=1S/C19H19Cl2NO3/c1-3-24-16-8-13-12(11-6-5-7-14(20)19(11)21)9-18(23)22-15(13)10-17(16)25-4-2/h5-8,10,12H,3-4,9H2,1-2H3,(H,22,23)/t12-/m1/s1. The number of fused-ring (bicyclic) bond motifs is 1. The third kappa shape index (κ3) is 3.55. The number of nitrogens with one attached hydrogen (secondary N) is 1. The smallest absolute Gasteiger partial charge is 0.225 e. The van der Waals surface area contributed by atoms with Gasteiger partial charge in [-0.15, -0.1) is 0 Å². The second-order valence-corrected chi connectivity index (χ2v) is 6.49. The van der Waals surface area contributed by atoms with Gasteiger partial charge in [0.25, 0.3) is 0 Å². The summed E-state index contributed by atoms with van der Waals surface area (Å²) in [5.74, 6) is 1.01. The largest absolute Gasteiger partial charge is 0.490 e. The van der Waals surface area contributed by atoms with E-state index in [1.54, 1.807) is 6.07 Å². The van der Waals surface area contributed by atoms with Crippen LogP contribution in [0.3, 0.4) is 0 Å². The molecule has 0 radical (unpaired) electrons. The minimum Gasteiger partial charge on any atom is -0.490 e. The lowest BCUT2D eigenvalue weighted by atomic mass is 9.84. The van der Waals surface area contributed by atoms with Crippen LogP contribution in [0, 0.1) is 0 Å². The van der Waals surface area contributed by atoms with Crippen molar-refractivity contribution < 1.29 is 14.3 Å². The summed E-state index contributed by atoms with van der Waals surface area (Å²) in [4.78, 5) is 12.2. The Hall–Kier alpha value is -1.91. The fourth-order valence-electron chi connectivity index (χ4n) is 3.07. The van der Waals surface area contributed by atoms with E-state index in [4.69, 9.17) is 32.7 Å². The van der Waals surface area contributed by atoms with Gasteiger partial charge in [-0.3, -0.25) is 4.79 Å². The second-order valence-electron chi connectivity index (χ2n) is 5.70. The van der Waals surface area contributed by atoms with Gasteiger partial charge in [-0.05, 0) is 37.1 Å². The first-order valence-corrected chi connectivity index (χ1v) is 8.98. The third-order valence-corrected chi connectivity index (χ3v) is 4.94. The maximum Gasteiger partial charge on any atom is 0.225 e. The molecule has 1 N–H and O–H groups in total. The highest BCUT2D eigenvalue weighted by molar-refractivity contribution is 6.42. The van der Waals surface area contributed by atoms with Crippen molar-refractivity contribution in [3.63, 3.8) is 0 Å². The lowest BCUT2D eigenvalue weighted by Gasteiger charge is -2.28. The average Bonchev–Trinajstić information content (AvgIpc) is 2.58. The van der Waals surface area contributed by atoms with Crippen LogP contribution in [-0.4, -0.2) is 19.1 Å². The second kappa shape index (κ2) is 7.54. The van der Waals surface area contributed by atoms with Crippen LogP contribution in [0.5, 0.6) is 11.5 Å². The Bertz CT molecular complexity index is 807. The SMILES string of the molecule is CCOc1cc2c(cc1OCC)[C@@H](c1cccc(Cl)c1Cl)CC(=O)N2. The molecule has 0 saturated heterocycles. The lowest BCUT2D eigenvalue weighted by molar-refractivity contribution is -0.116. The zero-order chi connectivity index (χ0) is 18.0. The zero-order valence-corrected chi connectivity index (χ0v) is 15.6. The molecule has 0 bridgehead atoms. The van der Waals surface area contributed by atoms with Gasteiger partial charge in [-0.25, -0.2) is 0 Å². The van der Waals surface area contributed by atoms with E-state index in [1.807, 2.05) is 38.1 Å². The van der Waals surface area contributed by atoms with Crippen LogP contribution in [0.4, 0.5) is 5.69 Å². The van der Waals surface area contributed by atoms with E-state index in [-0.39, 0.29) is 11.8 Å². The van der Waals surface area contributed by atoms with Gasteiger partial charge in [-0.2, -0.15) is 0 Å². The van der Waals surface area contributed by atoms with Crippen LogP contribution in [0.2, 0.25) is 10.0 Å². The van der Waals surface area contributed by atoms with Crippen molar-refractivity contribution in [2.24, 2.45) is 0 Å². The van der Waals surface area contributed by atoms with E-state index in [0.717, 1.165) is 11.1 Å². The number of halogens is 2. The quantitative estimate of drug-likeness (QED) is 0.769. The number of hydrogen-bond donors (Lipinski definition) is 1. The number of benzene rings is 2. The lowest BCUT2D eigenvalue weighted by Crippen LogP contribution is -2.24. The summed E-state index contributed by atoms with van der Waals surface area (Å²) >= 11 is 12.6. The molecule has 1 atom stereocenters. The predicted octanol–water partition coefficient (Wildman–Crippen LogP) is 5.26. The summed E-state index contributed by atoms with van der Waals surface area (Å²) in [7, 11) is 0. The van der Waals surface area contributed by atoms with Gasteiger partial charge < -0.3 is 14.8 Å². The van der Waals surface area contributed by atoms with Crippen LogP contribution >= 0.6 is 23.2 Å². The summed E-state index contributed by atoms with van der Waals surface area (Å²) < 4.78 is 11.4. The molecule has 1 aliphatic heterocycles. The maximum atomic E-state index is 12.2. The van der Waals surface area contributed by atoms with E-state index < -0.39 is 0 Å². The molecule has 25 heavy (non-hydrogen) atoms. The molecular formula is C19H19Cl2NO3. The van der Waals surface area contributed by atoms with Crippen molar-refractivity contribution in [3.8, 4) is 11.5 Å². The van der Waals surface area contributed by atoms with E-state index in [2.05, 4.69) is 5.32 Å². The molecule has 4 nitrogen and oxygen atoms in total. The van der Waals surface area contributed by atoms with Gasteiger partial charge in [0, 0.05) is 24.1 Å². The molecule has 2 aromatic rings. The Morgan fingerprint density at radius 2 is 1.76 bits per heavy atom. The Morgan fingerprint density at radius 3 is 2.44 bits per heavy atom. The molecule has 0 unspecified atom stereocenters. The van der Waals surface area contributed by atoms with Crippen LogP contribution in [-0.2, 0) is 4.79 Å². The summed E-state index contributed by atoms with van der Waals surface area (Å²) in [6.45, 7) is 4.86. The normalized spacial score (nSPS) is 16.2. The molecule has 1 amide bonds. The highest BCUT2D eigenvalue weighted by atomic mass is 35.5. The van der Waals surface area contributed by atoms with E-state index >= 15 is 0 Å². The molecule has 0 spiro atoms. The molecular weight excluding hydrogens is 361 g/mol. The molecule has 2 aromatic carbocycles. The number of anilines is 1. The van der Waals surface area contributed by atoms with Crippen molar-refractivity contribution >= 4 is 34.8 Å². The summed E-state index contributed by atoms with van der Waals surface area (Å²) in [5.41, 5.74) is 2.48. The summed E-state index contributed by atoms with van der Waals surface area (Å²) in [5, 5.41) is 3.86. The highest BCUT2D eigenvalue weighted by Gasteiger charge is 2.30. The van der Waals surface area contributed by atoms with Gasteiger partial charge in [0.1, 0.15) is 0 Å². The fraction of sp³-hybridized carbons (Fsp3) is 0.316. The van der Waals surface area contributed by atoms with Gasteiger partial charge in [0.15, 0.2) is 11.5 Å². The molecule has 1 heterocycles. The Morgan fingerprint density at radius 1 is 1.08 bits per heavy atom. The monoisotopic (exact) mass is 379 g/mol. The van der Waals surface area contributed by atoms with Gasteiger partial charge in [-0.1, -0.05) is 35.3 Å². The third-order valence-electron chi connectivity index (χ3n) is 4.11. The first-order valence-electron chi connectivity index (χ1n) is 8.22. The molecule has 132 valence electrons. The number of carbonyl (C=O) groups excluding carboxylic acids is 1. The molecule has 6 heteroatoms. The van der Waals surface area contributed by atoms with E-state index in [9.17, 15) is 4.79 Å². The van der Waals surface area contributed by atoms with Crippen molar-refractivity contribution in [3.05, 3.63) is 51.5 Å². The predicted molar refractivity (Wildman–Crippen MR) is 100 cm³/mol. The Labute approximate surface area is 157 Å². The van der Waals surface area contributed by atoms with Crippen LogP contribution in [0.15, 0.2) is 30.3 Å². The number of carbonyl (C=O) groups is 1. The Kier molecular flexibility index (Phi) is 5.40. The topological polar surface area (TPSA) is 47.6 Å². The van der Waals surface area contributed by atoms with Crippen molar-refractivity contribution in [2.45, 2.75) is 26.2 Å². The molecule has 1 aliphatic rings. The number of amides is 1. The van der Waals surface area contributed by atoms with Gasteiger partial charge in [0.05, 0.1) is 23.3 Å². The summed E-state index contributed by atoms with van der Waals surface area (Å²) in [6, 6.07) is 9.21. The van der Waals surface area contributed by atoms with Crippen molar-refractivity contribution in [1.82, 2.24) is 0 Å². The van der Waals surface area contributed by atoms with Gasteiger partial charge in [0.2, 0.25) is 5.91 Å². The summed E-state index contributed by atoms with van der Waals surface area (Å²) in [6.07, 6.45) is 0.298. The maximum absolute atomic E-state index is 12.2. The number of hydrogen-bond acceptors (Lipinski definition) is 3. The number of rotatable bonds is 5. The molecule has 0 aromatic heterocycles. The first kappa shape index (κ1) is 17.9. The van der Waals surface area contributed by atoms with Crippen LogP contribution in [0.1, 0.15) is 37.3 Å². The molecule has 0 fully saturated rings. The number of ether oxygens (including phenoxy) is 2. The van der Waals surface area contributed by atoms with Gasteiger partial charge >= 0.3 is 0 Å². The molecule has 3 rings (SSSR count). The van der Waals surface area contributed by atoms with Crippen molar-refractivity contribution in [1.29, 1.82) is 0 Å². The van der Waals surface area contributed by atoms with Crippen molar-refractivity contribution in [2.75, 3.05) is 18.5 Å². The zero-order valence-electron chi connectivity index (χ0n) is 14.1. The molecule has 0 aliphatic carbocycles. The first-order chi connectivity index (χ1) is 12.0. The molecule has 0 saturated carbocycles. The van der Waals surface area contributed by atoms with E-state index in [1.165, 1.54) is 0 Å². The van der Waals surface area contributed by atoms with Crippen LogP contribution < -0.4 is 14.8 Å². The van der Waals surface area contributed by atoms with E-state index in [0.29, 0.717) is 46.9 Å². The average molecular weight is 380 g/mol.